The van der Waals surface area contributed by atoms with Gasteiger partial charge in [-0.3, -0.25) is 9.80 Å². The van der Waals surface area contributed by atoms with Crippen molar-refractivity contribution in [2.75, 3.05) is 33.3 Å². The Morgan fingerprint density at radius 3 is 2.89 bits per heavy atom. The minimum atomic E-state index is 0.476. The number of rotatable bonds is 4. The van der Waals surface area contributed by atoms with Crippen molar-refractivity contribution in [2.45, 2.75) is 31.8 Å². The molecule has 2 aliphatic rings. The van der Waals surface area contributed by atoms with Crippen molar-refractivity contribution in [1.82, 2.24) is 14.8 Å². The normalized spacial score (nSPS) is 27.7. The number of pyridine rings is 1. The molecule has 2 aliphatic heterocycles. The second-order valence-electron chi connectivity index (χ2n) is 5.69. The summed E-state index contributed by atoms with van der Waals surface area (Å²) >= 11 is 0. The standard InChI is InChI=1S/C15H23N3O/c1-3-18-10-7-15(18)6-9-17(12-15)11-13-5-4-8-16-14(13)19-2/h4-5,8H,3,6-7,9-12H2,1-2H3. The molecule has 19 heavy (non-hydrogen) atoms. The maximum Gasteiger partial charge on any atom is 0.217 e. The molecule has 4 heteroatoms. The van der Waals surface area contributed by atoms with Gasteiger partial charge < -0.3 is 4.74 Å². The molecule has 3 heterocycles. The van der Waals surface area contributed by atoms with Gasteiger partial charge in [-0.05, 0) is 25.5 Å². The fourth-order valence-corrected chi connectivity index (χ4v) is 3.59. The van der Waals surface area contributed by atoms with Gasteiger partial charge in [-0.1, -0.05) is 13.0 Å². The molecule has 0 amide bonds. The first kappa shape index (κ1) is 12.9. The topological polar surface area (TPSA) is 28.6 Å². The van der Waals surface area contributed by atoms with Crippen LogP contribution < -0.4 is 4.74 Å². The van der Waals surface area contributed by atoms with E-state index in [1.165, 1.54) is 44.6 Å². The lowest BCUT2D eigenvalue weighted by molar-refractivity contribution is -0.00196. The van der Waals surface area contributed by atoms with Gasteiger partial charge in [0.2, 0.25) is 5.88 Å². The first-order valence-corrected chi connectivity index (χ1v) is 7.23. The van der Waals surface area contributed by atoms with E-state index in [0.717, 1.165) is 12.4 Å². The monoisotopic (exact) mass is 261 g/mol. The molecule has 0 radical (unpaired) electrons. The van der Waals surface area contributed by atoms with Crippen LogP contribution >= 0.6 is 0 Å². The van der Waals surface area contributed by atoms with Crippen LogP contribution in [0.4, 0.5) is 0 Å². The van der Waals surface area contributed by atoms with Gasteiger partial charge in [-0.15, -0.1) is 0 Å². The fraction of sp³-hybridized carbons (Fsp3) is 0.667. The molecule has 0 saturated carbocycles. The molecule has 4 nitrogen and oxygen atoms in total. The first-order valence-electron chi connectivity index (χ1n) is 7.23. The van der Waals surface area contributed by atoms with E-state index in [2.05, 4.69) is 27.8 Å². The zero-order valence-corrected chi connectivity index (χ0v) is 11.9. The largest absolute Gasteiger partial charge is 0.481 e. The molecular weight excluding hydrogens is 238 g/mol. The molecule has 1 aromatic heterocycles. The van der Waals surface area contributed by atoms with Crippen LogP contribution in [0.3, 0.4) is 0 Å². The number of hydrogen-bond acceptors (Lipinski definition) is 4. The third kappa shape index (κ3) is 2.23. The molecule has 3 rings (SSSR count). The Kier molecular flexibility index (Phi) is 3.46. The lowest BCUT2D eigenvalue weighted by Gasteiger charge is -2.50. The molecule has 0 bridgehead atoms. The number of methoxy groups -OCH3 is 1. The van der Waals surface area contributed by atoms with Crippen LogP contribution in [0.1, 0.15) is 25.3 Å². The van der Waals surface area contributed by atoms with E-state index in [1.54, 1.807) is 13.3 Å². The van der Waals surface area contributed by atoms with Gasteiger partial charge in [-0.25, -0.2) is 4.98 Å². The molecule has 104 valence electrons. The maximum atomic E-state index is 5.34. The Hall–Kier alpha value is -1.13. The van der Waals surface area contributed by atoms with Crippen molar-refractivity contribution in [1.29, 1.82) is 0 Å². The van der Waals surface area contributed by atoms with Crippen LogP contribution in [0.25, 0.3) is 0 Å². The molecule has 0 aromatic carbocycles. The van der Waals surface area contributed by atoms with Crippen LogP contribution in [-0.2, 0) is 6.54 Å². The van der Waals surface area contributed by atoms with E-state index >= 15 is 0 Å². The van der Waals surface area contributed by atoms with Gasteiger partial charge in [0.05, 0.1) is 7.11 Å². The summed E-state index contributed by atoms with van der Waals surface area (Å²) in [4.78, 5) is 9.46. The lowest BCUT2D eigenvalue weighted by Crippen LogP contribution is -2.60. The van der Waals surface area contributed by atoms with Crippen molar-refractivity contribution in [3.8, 4) is 5.88 Å². The maximum absolute atomic E-state index is 5.34. The molecule has 2 saturated heterocycles. The highest BCUT2D eigenvalue weighted by Crippen LogP contribution is 2.39. The summed E-state index contributed by atoms with van der Waals surface area (Å²) in [6.45, 7) is 8.07. The third-order valence-electron chi connectivity index (χ3n) is 4.75. The molecular formula is C15H23N3O. The average Bonchev–Trinajstić information content (AvgIpc) is 2.85. The van der Waals surface area contributed by atoms with Crippen molar-refractivity contribution in [3.63, 3.8) is 0 Å². The summed E-state index contributed by atoms with van der Waals surface area (Å²) in [6, 6.07) is 4.11. The molecule has 1 atom stereocenters. The zero-order valence-electron chi connectivity index (χ0n) is 11.9. The molecule has 1 spiro atoms. The zero-order chi connectivity index (χ0) is 13.3. The highest BCUT2D eigenvalue weighted by molar-refractivity contribution is 5.25. The predicted molar refractivity (Wildman–Crippen MR) is 75.3 cm³/mol. The van der Waals surface area contributed by atoms with E-state index in [0.29, 0.717) is 5.54 Å². The Morgan fingerprint density at radius 1 is 1.37 bits per heavy atom. The second-order valence-corrected chi connectivity index (χ2v) is 5.69. The van der Waals surface area contributed by atoms with Gasteiger partial charge in [0, 0.05) is 43.5 Å². The predicted octanol–water partition coefficient (Wildman–Crippen LogP) is 1.76. The van der Waals surface area contributed by atoms with Crippen LogP contribution in [-0.4, -0.2) is 53.6 Å². The van der Waals surface area contributed by atoms with E-state index < -0.39 is 0 Å². The summed E-state index contributed by atoms with van der Waals surface area (Å²) in [6.07, 6.45) is 4.46. The molecule has 0 N–H and O–H groups in total. The van der Waals surface area contributed by atoms with E-state index in [1.807, 2.05) is 6.07 Å². The van der Waals surface area contributed by atoms with Crippen molar-refractivity contribution in [3.05, 3.63) is 23.9 Å². The van der Waals surface area contributed by atoms with Crippen LogP contribution in [0.15, 0.2) is 18.3 Å². The van der Waals surface area contributed by atoms with Crippen LogP contribution in [0.2, 0.25) is 0 Å². The SMILES string of the molecule is CCN1CCC12CCN(Cc1cccnc1OC)C2. The van der Waals surface area contributed by atoms with E-state index in [4.69, 9.17) is 4.74 Å². The Balaban J connectivity index is 1.66. The number of aromatic nitrogens is 1. The Morgan fingerprint density at radius 2 is 2.21 bits per heavy atom. The molecule has 1 aromatic rings. The molecule has 2 fully saturated rings. The van der Waals surface area contributed by atoms with Crippen LogP contribution in [0, 0.1) is 0 Å². The second kappa shape index (κ2) is 5.10. The van der Waals surface area contributed by atoms with Gasteiger partial charge in [0.1, 0.15) is 0 Å². The number of nitrogens with zero attached hydrogens (tertiary/aromatic N) is 3. The highest BCUT2D eigenvalue weighted by Gasteiger charge is 2.48. The summed E-state index contributed by atoms with van der Waals surface area (Å²) < 4.78 is 5.34. The summed E-state index contributed by atoms with van der Waals surface area (Å²) in [5.74, 6) is 0.768. The fourth-order valence-electron chi connectivity index (χ4n) is 3.59. The Bertz CT molecular complexity index is 449. The van der Waals surface area contributed by atoms with Crippen molar-refractivity contribution >= 4 is 0 Å². The quantitative estimate of drug-likeness (QED) is 0.826. The lowest BCUT2D eigenvalue weighted by atomic mass is 9.84. The first-order chi connectivity index (χ1) is 9.27. The highest BCUT2D eigenvalue weighted by atomic mass is 16.5. The number of likely N-dealkylation sites (tertiary alicyclic amines) is 2. The molecule has 1 unspecified atom stereocenters. The van der Waals surface area contributed by atoms with E-state index in [9.17, 15) is 0 Å². The minimum absolute atomic E-state index is 0.476. The summed E-state index contributed by atoms with van der Waals surface area (Å²) in [7, 11) is 1.70. The van der Waals surface area contributed by atoms with E-state index in [-0.39, 0.29) is 0 Å². The van der Waals surface area contributed by atoms with Crippen molar-refractivity contribution in [2.24, 2.45) is 0 Å². The smallest absolute Gasteiger partial charge is 0.217 e. The minimum Gasteiger partial charge on any atom is -0.481 e. The number of likely N-dealkylation sites (N-methyl/N-ethyl adjacent to an activating group) is 1. The van der Waals surface area contributed by atoms with Crippen LogP contribution in [0.5, 0.6) is 5.88 Å². The van der Waals surface area contributed by atoms with Gasteiger partial charge in [-0.2, -0.15) is 0 Å². The van der Waals surface area contributed by atoms with Crippen molar-refractivity contribution < 1.29 is 4.74 Å². The average molecular weight is 261 g/mol. The number of hydrogen-bond donors (Lipinski definition) is 0. The summed E-state index contributed by atoms with van der Waals surface area (Å²) in [5, 5.41) is 0. The van der Waals surface area contributed by atoms with Gasteiger partial charge >= 0.3 is 0 Å². The summed E-state index contributed by atoms with van der Waals surface area (Å²) in [5.41, 5.74) is 1.67. The van der Waals surface area contributed by atoms with Gasteiger partial charge in [0.25, 0.3) is 0 Å². The Labute approximate surface area is 115 Å². The number of ether oxygens (including phenoxy) is 1. The third-order valence-corrected chi connectivity index (χ3v) is 4.75. The molecule has 0 aliphatic carbocycles. The van der Waals surface area contributed by atoms with Gasteiger partial charge in [0.15, 0.2) is 0 Å².